The van der Waals surface area contributed by atoms with Crippen LogP contribution in [-0.4, -0.2) is 18.4 Å². The number of hydrogen-bond donors (Lipinski definition) is 0. The lowest BCUT2D eigenvalue weighted by atomic mass is 10.2. The maximum Gasteiger partial charge on any atom is 0.171 e. The van der Waals surface area contributed by atoms with Crippen LogP contribution in [-0.2, 0) is 15.5 Å². The molecule has 0 radical (unpaired) electrons. The van der Waals surface area contributed by atoms with Crippen LogP contribution in [0.5, 0.6) is 0 Å². The fraction of sp³-hybridized carbons (Fsp3) is 0.571. The predicted molar refractivity (Wildman–Crippen MR) is 70.1 cm³/mol. The molecule has 3 heteroatoms. The fourth-order valence-corrected chi connectivity index (χ4v) is 3.46. The minimum Gasteiger partial charge on any atom is -0.331 e. The van der Waals surface area contributed by atoms with Crippen molar-refractivity contribution in [3.63, 3.8) is 0 Å². The van der Waals surface area contributed by atoms with E-state index in [2.05, 4.69) is 30.3 Å². The fourth-order valence-electron chi connectivity index (χ4n) is 1.67. The molecule has 0 atom stereocenters. The van der Waals surface area contributed by atoms with Gasteiger partial charge in [-0.05, 0) is 37.7 Å². The number of benzene rings is 1. The molecule has 92 valence electrons. The molecule has 2 aliphatic carbocycles. The van der Waals surface area contributed by atoms with E-state index in [0.717, 1.165) is 12.6 Å². The molecule has 0 amide bonds. The second-order valence-corrected chi connectivity index (χ2v) is 6.44. The van der Waals surface area contributed by atoms with Gasteiger partial charge >= 0.3 is 0 Å². The highest BCUT2D eigenvalue weighted by Crippen LogP contribution is 2.49. The summed E-state index contributed by atoms with van der Waals surface area (Å²) in [6.45, 7) is 0. The molecule has 1 aromatic carbocycles. The summed E-state index contributed by atoms with van der Waals surface area (Å²) < 4.78 is 12.0. The van der Waals surface area contributed by atoms with E-state index in [1.54, 1.807) is 0 Å². The van der Waals surface area contributed by atoms with E-state index in [9.17, 15) is 0 Å². The third kappa shape index (κ3) is 4.06. The summed E-state index contributed by atoms with van der Waals surface area (Å²) in [5.41, 5.74) is 1.39. The SMILES string of the molecule is c1ccc(CCP(OC2CC2)OC2CC2)cc1. The van der Waals surface area contributed by atoms with Gasteiger partial charge in [0.25, 0.3) is 0 Å². The van der Waals surface area contributed by atoms with Crippen molar-refractivity contribution in [2.45, 2.75) is 44.3 Å². The molecule has 2 saturated carbocycles. The van der Waals surface area contributed by atoms with Crippen molar-refractivity contribution < 1.29 is 9.05 Å². The first-order chi connectivity index (χ1) is 8.40. The Labute approximate surface area is 104 Å². The molecule has 0 unspecified atom stereocenters. The second-order valence-electron chi connectivity index (χ2n) is 4.90. The smallest absolute Gasteiger partial charge is 0.171 e. The van der Waals surface area contributed by atoms with Crippen molar-refractivity contribution >= 4 is 8.38 Å². The van der Waals surface area contributed by atoms with Gasteiger partial charge in [0.1, 0.15) is 0 Å². The lowest BCUT2D eigenvalue weighted by Crippen LogP contribution is -2.00. The highest BCUT2D eigenvalue weighted by Gasteiger charge is 2.32. The average Bonchev–Trinajstić information content (AvgIpc) is 3.23. The summed E-state index contributed by atoms with van der Waals surface area (Å²) in [6, 6.07) is 10.6. The molecule has 0 heterocycles. The lowest BCUT2D eigenvalue weighted by Gasteiger charge is -2.17. The molecule has 17 heavy (non-hydrogen) atoms. The molecule has 2 nitrogen and oxygen atoms in total. The Morgan fingerprint density at radius 1 is 0.941 bits per heavy atom. The first-order valence-electron chi connectivity index (χ1n) is 6.55. The quantitative estimate of drug-likeness (QED) is 0.683. The van der Waals surface area contributed by atoms with Gasteiger partial charge in [-0.3, -0.25) is 0 Å². The summed E-state index contributed by atoms with van der Waals surface area (Å²) in [7, 11) is -0.638. The van der Waals surface area contributed by atoms with Gasteiger partial charge in [0.2, 0.25) is 0 Å². The van der Waals surface area contributed by atoms with E-state index in [4.69, 9.17) is 9.05 Å². The molecule has 2 aliphatic rings. The van der Waals surface area contributed by atoms with Crippen LogP contribution in [0.4, 0.5) is 0 Å². The first kappa shape index (κ1) is 11.6. The molecule has 0 spiro atoms. The molecule has 3 rings (SSSR count). The van der Waals surface area contributed by atoms with Crippen LogP contribution in [0.3, 0.4) is 0 Å². The number of rotatable bonds is 7. The molecule has 0 N–H and O–H groups in total. The molecule has 1 aromatic rings. The highest BCUT2D eigenvalue weighted by atomic mass is 31.2. The zero-order valence-corrected chi connectivity index (χ0v) is 10.9. The Balaban J connectivity index is 1.48. The van der Waals surface area contributed by atoms with Gasteiger partial charge < -0.3 is 9.05 Å². The molecular formula is C14H19O2P. The van der Waals surface area contributed by atoms with E-state index < -0.39 is 8.38 Å². The molecule has 0 aliphatic heterocycles. The van der Waals surface area contributed by atoms with Crippen molar-refractivity contribution in [3.8, 4) is 0 Å². The largest absolute Gasteiger partial charge is 0.331 e. The minimum absolute atomic E-state index is 0.510. The maximum atomic E-state index is 5.98. The summed E-state index contributed by atoms with van der Waals surface area (Å²) in [6.07, 6.45) is 8.08. The van der Waals surface area contributed by atoms with Crippen molar-refractivity contribution in [1.29, 1.82) is 0 Å². The van der Waals surface area contributed by atoms with Crippen LogP contribution in [0.1, 0.15) is 31.2 Å². The van der Waals surface area contributed by atoms with Crippen molar-refractivity contribution in [3.05, 3.63) is 35.9 Å². The average molecular weight is 250 g/mol. The normalized spacial score (nSPS) is 19.8. The summed E-state index contributed by atoms with van der Waals surface area (Å²) in [5.74, 6) is 0. The molecular weight excluding hydrogens is 231 g/mol. The lowest BCUT2D eigenvalue weighted by molar-refractivity contribution is 0.233. The summed E-state index contributed by atoms with van der Waals surface area (Å²) in [4.78, 5) is 0. The molecule has 0 saturated heterocycles. The molecule has 0 bridgehead atoms. The van der Waals surface area contributed by atoms with Crippen LogP contribution in [0.15, 0.2) is 30.3 Å². The Morgan fingerprint density at radius 2 is 1.53 bits per heavy atom. The standard InChI is InChI=1S/C14H19O2P/c1-2-4-12(5-3-1)10-11-17(15-13-6-7-13)16-14-8-9-14/h1-5,13-14H,6-11H2. The van der Waals surface area contributed by atoms with E-state index in [-0.39, 0.29) is 0 Å². The monoisotopic (exact) mass is 250 g/mol. The predicted octanol–water partition coefficient (Wildman–Crippen LogP) is 3.90. The van der Waals surface area contributed by atoms with Gasteiger partial charge in [-0.2, -0.15) is 0 Å². The molecule has 2 fully saturated rings. The molecule has 0 aromatic heterocycles. The van der Waals surface area contributed by atoms with Gasteiger partial charge in [-0.15, -0.1) is 0 Å². The Kier molecular flexibility index (Phi) is 3.75. The Bertz CT molecular complexity index is 332. The zero-order valence-electron chi connectivity index (χ0n) is 10.0. The summed E-state index contributed by atoms with van der Waals surface area (Å²) in [5, 5.41) is 0. The van der Waals surface area contributed by atoms with Crippen molar-refractivity contribution in [2.24, 2.45) is 0 Å². The van der Waals surface area contributed by atoms with E-state index >= 15 is 0 Å². The Morgan fingerprint density at radius 3 is 2.06 bits per heavy atom. The van der Waals surface area contributed by atoms with Gasteiger partial charge in [0.15, 0.2) is 8.38 Å². The van der Waals surface area contributed by atoms with Gasteiger partial charge in [0, 0.05) is 6.16 Å². The zero-order chi connectivity index (χ0) is 11.5. The minimum atomic E-state index is -0.638. The second kappa shape index (κ2) is 5.48. The first-order valence-corrected chi connectivity index (χ1v) is 7.91. The Hall–Kier alpha value is -0.430. The third-order valence-corrected chi connectivity index (χ3v) is 4.66. The highest BCUT2D eigenvalue weighted by molar-refractivity contribution is 7.47. The van der Waals surface area contributed by atoms with Crippen molar-refractivity contribution in [1.82, 2.24) is 0 Å². The van der Waals surface area contributed by atoms with Gasteiger partial charge in [0.05, 0.1) is 12.2 Å². The van der Waals surface area contributed by atoms with Crippen molar-refractivity contribution in [2.75, 3.05) is 6.16 Å². The number of aryl methyl sites for hydroxylation is 1. The maximum absolute atomic E-state index is 5.98. The third-order valence-electron chi connectivity index (χ3n) is 3.01. The van der Waals surface area contributed by atoms with Crippen LogP contribution in [0.25, 0.3) is 0 Å². The van der Waals surface area contributed by atoms with Crippen LogP contribution in [0, 0.1) is 0 Å². The summed E-state index contributed by atoms with van der Waals surface area (Å²) >= 11 is 0. The van der Waals surface area contributed by atoms with E-state index in [0.29, 0.717) is 12.2 Å². The van der Waals surface area contributed by atoms with Gasteiger partial charge in [-0.1, -0.05) is 30.3 Å². The van der Waals surface area contributed by atoms with Crippen LogP contribution < -0.4 is 0 Å². The van der Waals surface area contributed by atoms with E-state index in [1.165, 1.54) is 31.2 Å². The topological polar surface area (TPSA) is 18.5 Å². The van der Waals surface area contributed by atoms with Crippen LogP contribution >= 0.6 is 8.38 Å². The van der Waals surface area contributed by atoms with E-state index in [1.807, 2.05) is 0 Å². The van der Waals surface area contributed by atoms with Crippen LogP contribution in [0.2, 0.25) is 0 Å². The number of hydrogen-bond acceptors (Lipinski definition) is 2. The van der Waals surface area contributed by atoms with Gasteiger partial charge in [-0.25, -0.2) is 0 Å².